The van der Waals surface area contributed by atoms with Gasteiger partial charge in [-0.05, 0) is 38.3 Å². The Labute approximate surface area is 163 Å². The first-order valence-corrected chi connectivity index (χ1v) is 9.94. The Morgan fingerprint density at radius 2 is 1.93 bits per heavy atom. The van der Waals surface area contributed by atoms with Gasteiger partial charge in [0, 0.05) is 31.7 Å². The number of carbonyl (C=O) groups excluding carboxylic acids is 2. The quantitative estimate of drug-likeness (QED) is 0.808. The smallest absolute Gasteiger partial charge is 0.272 e. The topological polar surface area (TPSA) is 92.4 Å². The molecular weight excluding hydrogens is 358 g/mol. The molecule has 8 heteroatoms. The van der Waals surface area contributed by atoms with Crippen molar-refractivity contribution in [2.75, 3.05) is 19.6 Å². The van der Waals surface area contributed by atoms with Crippen molar-refractivity contribution in [2.45, 2.75) is 45.1 Å². The Kier molecular flexibility index (Phi) is 5.36. The highest BCUT2D eigenvalue weighted by atomic mass is 16.5. The number of carbonyl (C=O) groups is 2. The minimum absolute atomic E-state index is 0.0598. The van der Waals surface area contributed by atoms with Crippen molar-refractivity contribution < 1.29 is 14.1 Å². The standard InChI is InChI=1S/C20H25N5O3/c1-14-22-18(28-23-14)17-9-11-24(20(27)16-8-4-5-10-21-16)12-13-25(17)19(26)15-6-2-3-7-15/h4-5,8,10,15,17H,2-3,6-7,9,11-13H2,1H3. The summed E-state index contributed by atoms with van der Waals surface area (Å²) >= 11 is 0. The molecular formula is C20H25N5O3. The predicted octanol–water partition coefficient (Wildman–Crippen LogP) is 2.38. The minimum atomic E-state index is -0.296. The first-order chi connectivity index (χ1) is 13.6. The SMILES string of the molecule is Cc1noc(C2CCN(C(=O)c3ccccn3)CCN2C(=O)C2CCCC2)n1. The molecule has 0 N–H and O–H groups in total. The zero-order valence-electron chi connectivity index (χ0n) is 16.1. The van der Waals surface area contributed by atoms with E-state index in [9.17, 15) is 9.59 Å². The van der Waals surface area contributed by atoms with Gasteiger partial charge in [-0.15, -0.1) is 0 Å². The lowest BCUT2D eigenvalue weighted by molar-refractivity contribution is -0.138. The second-order valence-electron chi connectivity index (χ2n) is 7.50. The van der Waals surface area contributed by atoms with Crippen molar-refractivity contribution >= 4 is 11.8 Å². The average Bonchev–Trinajstić information content (AvgIpc) is 3.35. The average molecular weight is 383 g/mol. The number of amides is 2. The summed E-state index contributed by atoms with van der Waals surface area (Å²) in [4.78, 5) is 38.2. The highest BCUT2D eigenvalue weighted by Gasteiger charge is 2.37. The molecule has 2 aromatic heterocycles. The Bertz CT molecular complexity index is 831. The molecule has 2 aliphatic rings. The molecule has 2 amide bonds. The van der Waals surface area contributed by atoms with Crippen LogP contribution in [0.1, 0.15) is 60.3 Å². The van der Waals surface area contributed by atoms with Gasteiger partial charge < -0.3 is 14.3 Å². The second-order valence-corrected chi connectivity index (χ2v) is 7.50. The van der Waals surface area contributed by atoms with Gasteiger partial charge >= 0.3 is 0 Å². The van der Waals surface area contributed by atoms with Crippen LogP contribution < -0.4 is 0 Å². The van der Waals surface area contributed by atoms with Crippen LogP contribution in [0.2, 0.25) is 0 Å². The molecule has 0 radical (unpaired) electrons. The van der Waals surface area contributed by atoms with E-state index >= 15 is 0 Å². The fourth-order valence-corrected chi connectivity index (χ4v) is 4.16. The third-order valence-corrected chi connectivity index (χ3v) is 5.65. The van der Waals surface area contributed by atoms with E-state index in [4.69, 9.17) is 4.52 Å². The van der Waals surface area contributed by atoms with Crippen LogP contribution in [0.15, 0.2) is 28.9 Å². The molecule has 0 bridgehead atoms. The molecule has 1 unspecified atom stereocenters. The van der Waals surface area contributed by atoms with E-state index in [1.54, 1.807) is 36.2 Å². The summed E-state index contributed by atoms with van der Waals surface area (Å²) in [5, 5.41) is 3.90. The number of nitrogens with zero attached hydrogens (tertiary/aromatic N) is 5. The van der Waals surface area contributed by atoms with E-state index in [1.807, 2.05) is 4.90 Å². The first-order valence-electron chi connectivity index (χ1n) is 9.94. The molecule has 4 rings (SSSR count). The van der Waals surface area contributed by atoms with Crippen LogP contribution in [0.3, 0.4) is 0 Å². The van der Waals surface area contributed by atoms with Crippen molar-refractivity contribution in [1.82, 2.24) is 24.9 Å². The van der Waals surface area contributed by atoms with E-state index in [1.165, 1.54) is 0 Å². The van der Waals surface area contributed by atoms with Crippen molar-refractivity contribution in [1.29, 1.82) is 0 Å². The fraction of sp³-hybridized carbons (Fsp3) is 0.550. The van der Waals surface area contributed by atoms with Crippen LogP contribution in [0.25, 0.3) is 0 Å². The number of aryl methyl sites for hydroxylation is 1. The summed E-state index contributed by atoms with van der Waals surface area (Å²) in [6.45, 7) is 3.21. The highest BCUT2D eigenvalue weighted by molar-refractivity contribution is 5.92. The van der Waals surface area contributed by atoms with E-state index in [2.05, 4.69) is 15.1 Å². The van der Waals surface area contributed by atoms with Gasteiger partial charge in [0.15, 0.2) is 5.82 Å². The molecule has 148 valence electrons. The van der Waals surface area contributed by atoms with Crippen LogP contribution in [0.4, 0.5) is 0 Å². The number of pyridine rings is 1. The van der Waals surface area contributed by atoms with Gasteiger partial charge in [-0.2, -0.15) is 4.98 Å². The molecule has 1 aliphatic carbocycles. The summed E-state index contributed by atoms with van der Waals surface area (Å²) in [5.74, 6) is 1.09. The second kappa shape index (κ2) is 8.08. The Morgan fingerprint density at radius 3 is 2.61 bits per heavy atom. The molecule has 1 saturated carbocycles. The van der Waals surface area contributed by atoms with Crippen molar-refractivity contribution in [3.63, 3.8) is 0 Å². The molecule has 2 aromatic rings. The summed E-state index contributed by atoms with van der Waals surface area (Å²) in [5.41, 5.74) is 0.420. The Morgan fingerprint density at radius 1 is 1.11 bits per heavy atom. The molecule has 0 aromatic carbocycles. The monoisotopic (exact) mass is 383 g/mol. The third kappa shape index (κ3) is 3.76. The summed E-state index contributed by atoms with van der Waals surface area (Å²) < 4.78 is 5.41. The maximum atomic E-state index is 13.2. The maximum Gasteiger partial charge on any atom is 0.272 e. The number of aromatic nitrogens is 3. The van der Waals surface area contributed by atoms with Crippen molar-refractivity contribution in [3.8, 4) is 0 Å². The minimum Gasteiger partial charge on any atom is -0.337 e. The van der Waals surface area contributed by atoms with Gasteiger partial charge in [0.1, 0.15) is 11.7 Å². The van der Waals surface area contributed by atoms with E-state index < -0.39 is 0 Å². The molecule has 3 heterocycles. The Hall–Kier alpha value is -2.77. The zero-order chi connectivity index (χ0) is 19.5. The zero-order valence-corrected chi connectivity index (χ0v) is 16.1. The van der Waals surface area contributed by atoms with Crippen LogP contribution in [0.5, 0.6) is 0 Å². The molecule has 1 saturated heterocycles. The summed E-state index contributed by atoms with van der Waals surface area (Å²) in [6, 6.07) is 5.01. The number of hydrogen-bond acceptors (Lipinski definition) is 6. The summed E-state index contributed by atoms with van der Waals surface area (Å²) in [7, 11) is 0. The van der Waals surface area contributed by atoms with Gasteiger partial charge in [-0.3, -0.25) is 14.6 Å². The van der Waals surface area contributed by atoms with Crippen LogP contribution >= 0.6 is 0 Å². The molecule has 8 nitrogen and oxygen atoms in total. The highest BCUT2D eigenvalue weighted by Crippen LogP contribution is 2.32. The lowest BCUT2D eigenvalue weighted by atomic mass is 10.0. The molecule has 1 aliphatic heterocycles. The molecule has 2 fully saturated rings. The van der Waals surface area contributed by atoms with Crippen LogP contribution in [-0.2, 0) is 4.79 Å². The van der Waals surface area contributed by atoms with E-state index in [-0.39, 0.29) is 23.8 Å². The largest absolute Gasteiger partial charge is 0.337 e. The third-order valence-electron chi connectivity index (χ3n) is 5.65. The van der Waals surface area contributed by atoms with Crippen LogP contribution in [-0.4, -0.2) is 56.4 Å². The van der Waals surface area contributed by atoms with Crippen molar-refractivity contribution in [2.24, 2.45) is 5.92 Å². The van der Waals surface area contributed by atoms with Gasteiger partial charge in [-0.25, -0.2) is 0 Å². The van der Waals surface area contributed by atoms with Gasteiger partial charge in [0.25, 0.3) is 5.91 Å². The first kappa shape index (κ1) is 18.6. The number of hydrogen-bond donors (Lipinski definition) is 0. The predicted molar refractivity (Wildman–Crippen MR) is 100 cm³/mol. The van der Waals surface area contributed by atoms with Gasteiger partial charge in [0.2, 0.25) is 11.8 Å². The Balaban J connectivity index is 1.56. The van der Waals surface area contributed by atoms with Gasteiger partial charge in [0.05, 0.1) is 0 Å². The number of rotatable bonds is 3. The van der Waals surface area contributed by atoms with Crippen molar-refractivity contribution in [3.05, 3.63) is 41.8 Å². The molecule has 0 spiro atoms. The van der Waals surface area contributed by atoms with E-state index in [0.29, 0.717) is 43.5 Å². The van der Waals surface area contributed by atoms with Crippen LogP contribution in [0, 0.1) is 12.8 Å². The molecule has 28 heavy (non-hydrogen) atoms. The summed E-state index contributed by atoms with van der Waals surface area (Å²) in [6.07, 6.45) is 6.24. The van der Waals surface area contributed by atoms with E-state index in [0.717, 1.165) is 25.7 Å². The van der Waals surface area contributed by atoms with Gasteiger partial charge in [-0.1, -0.05) is 24.1 Å². The molecule has 1 atom stereocenters. The normalized spacial score (nSPS) is 21.0. The fourth-order valence-electron chi connectivity index (χ4n) is 4.16. The lowest BCUT2D eigenvalue weighted by Crippen LogP contribution is -2.41. The lowest BCUT2D eigenvalue weighted by Gasteiger charge is -2.29. The maximum absolute atomic E-state index is 13.2.